The van der Waals surface area contributed by atoms with E-state index in [2.05, 4.69) is 0 Å². The van der Waals surface area contributed by atoms with Crippen LogP contribution in [0.1, 0.15) is 32.3 Å². The van der Waals surface area contributed by atoms with Gasteiger partial charge in [0, 0.05) is 13.1 Å². The number of benzene rings is 1. The quantitative estimate of drug-likeness (QED) is 0.889. The average Bonchev–Trinajstić information content (AvgIpc) is 2.34. The molecule has 1 saturated heterocycles. The molecule has 0 radical (unpaired) electrons. The minimum Gasteiger partial charge on any atom is -0.389 e. The summed E-state index contributed by atoms with van der Waals surface area (Å²) < 4.78 is 0. The zero-order chi connectivity index (χ0) is 13.2. The highest BCUT2D eigenvalue weighted by Gasteiger charge is 2.42. The van der Waals surface area contributed by atoms with Gasteiger partial charge in [0.25, 0.3) is 0 Å². The van der Waals surface area contributed by atoms with Crippen LogP contribution in [0.3, 0.4) is 0 Å². The van der Waals surface area contributed by atoms with Crippen LogP contribution in [0.15, 0.2) is 30.3 Å². The zero-order valence-corrected chi connectivity index (χ0v) is 11.1. The first-order valence-electron chi connectivity index (χ1n) is 6.59. The summed E-state index contributed by atoms with van der Waals surface area (Å²) in [6.45, 7) is 5.02. The van der Waals surface area contributed by atoms with Crippen LogP contribution in [0.25, 0.3) is 0 Å². The molecule has 0 unspecified atom stereocenters. The largest absolute Gasteiger partial charge is 0.389 e. The van der Waals surface area contributed by atoms with Crippen molar-refractivity contribution in [2.75, 3.05) is 6.54 Å². The maximum Gasteiger partial charge on any atom is 0.228 e. The molecule has 1 N–H and O–H groups in total. The van der Waals surface area contributed by atoms with Crippen molar-refractivity contribution < 1.29 is 9.90 Å². The highest BCUT2D eigenvalue weighted by molar-refractivity contribution is 5.81. The number of amides is 1. The molecule has 1 aromatic rings. The molecule has 1 fully saturated rings. The second-order valence-electron chi connectivity index (χ2n) is 5.31. The number of aliphatic hydroxyl groups is 1. The molecule has 1 aliphatic rings. The molecule has 1 heterocycles. The van der Waals surface area contributed by atoms with Gasteiger partial charge in [0.05, 0.1) is 11.5 Å². The zero-order valence-electron chi connectivity index (χ0n) is 11.1. The molecule has 0 aromatic heterocycles. The third-order valence-corrected chi connectivity index (χ3v) is 3.87. The molecular formula is C15H21NO2. The minimum absolute atomic E-state index is 0.0811. The van der Waals surface area contributed by atoms with E-state index in [0.29, 0.717) is 25.9 Å². The van der Waals surface area contributed by atoms with Gasteiger partial charge in [0.2, 0.25) is 5.91 Å². The highest BCUT2D eigenvalue weighted by Crippen LogP contribution is 2.31. The number of hydrogen-bond acceptors (Lipinski definition) is 2. The lowest BCUT2D eigenvalue weighted by atomic mass is 9.80. The number of carbonyl (C=O) groups is 1. The molecule has 3 heteroatoms. The van der Waals surface area contributed by atoms with Crippen LogP contribution in [-0.2, 0) is 11.3 Å². The standard InChI is InChI=1S/C15H21NO2/c1-3-13-14(17)16(10-9-15(13,2)18)11-12-7-5-4-6-8-12/h4-8,13,18H,3,9-11H2,1-2H3/t13-,15+/m0/s1. The lowest BCUT2D eigenvalue weighted by molar-refractivity contribution is -0.154. The predicted octanol–water partition coefficient (Wildman–Crippen LogP) is 2.20. The number of piperidine rings is 1. The molecular weight excluding hydrogens is 226 g/mol. The summed E-state index contributed by atoms with van der Waals surface area (Å²) in [5.41, 5.74) is 0.293. The summed E-state index contributed by atoms with van der Waals surface area (Å²) in [6.07, 6.45) is 1.35. The summed E-state index contributed by atoms with van der Waals surface area (Å²) >= 11 is 0. The van der Waals surface area contributed by atoms with E-state index in [4.69, 9.17) is 0 Å². The van der Waals surface area contributed by atoms with Crippen LogP contribution in [0.5, 0.6) is 0 Å². The van der Waals surface area contributed by atoms with Gasteiger partial charge in [-0.15, -0.1) is 0 Å². The maximum absolute atomic E-state index is 12.3. The highest BCUT2D eigenvalue weighted by atomic mass is 16.3. The van der Waals surface area contributed by atoms with E-state index in [1.165, 1.54) is 0 Å². The molecule has 1 aliphatic heterocycles. The molecule has 18 heavy (non-hydrogen) atoms. The molecule has 2 atom stereocenters. The van der Waals surface area contributed by atoms with E-state index in [0.717, 1.165) is 5.56 Å². The van der Waals surface area contributed by atoms with E-state index in [1.807, 2.05) is 42.2 Å². The Morgan fingerprint density at radius 3 is 2.67 bits per heavy atom. The van der Waals surface area contributed by atoms with Crippen LogP contribution >= 0.6 is 0 Å². The lowest BCUT2D eigenvalue weighted by Crippen LogP contribution is -2.53. The number of carbonyl (C=O) groups excluding carboxylic acids is 1. The van der Waals surface area contributed by atoms with E-state index in [1.54, 1.807) is 6.92 Å². The van der Waals surface area contributed by atoms with E-state index in [9.17, 15) is 9.90 Å². The summed E-state index contributed by atoms with van der Waals surface area (Å²) in [5.74, 6) is -0.187. The van der Waals surface area contributed by atoms with E-state index < -0.39 is 5.60 Å². The van der Waals surface area contributed by atoms with Gasteiger partial charge in [-0.2, -0.15) is 0 Å². The number of nitrogens with zero attached hydrogens (tertiary/aromatic N) is 1. The predicted molar refractivity (Wildman–Crippen MR) is 70.9 cm³/mol. The smallest absolute Gasteiger partial charge is 0.228 e. The molecule has 98 valence electrons. The SMILES string of the molecule is CC[C@H]1C(=O)N(Cc2ccccc2)CC[C@@]1(C)O. The molecule has 0 bridgehead atoms. The average molecular weight is 247 g/mol. The van der Waals surface area contributed by atoms with Crippen LogP contribution in [-0.4, -0.2) is 28.1 Å². The Morgan fingerprint density at radius 1 is 1.39 bits per heavy atom. The van der Waals surface area contributed by atoms with Crippen molar-refractivity contribution >= 4 is 5.91 Å². The Hall–Kier alpha value is -1.35. The Labute approximate surface area is 108 Å². The number of likely N-dealkylation sites (tertiary alicyclic amines) is 1. The summed E-state index contributed by atoms with van der Waals surface area (Å²) in [5, 5.41) is 10.2. The van der Waals surface area contributed by atoms with Crippen LogP contribution < -0.4 is 0 Å². The Balaban J connectivity index is 2.10. The summed E-state index contributed by atoms with van der Waals surface area (Å²) in [4.78, 5) is 14.2. The molecule has 3 nitrogen and oxygen atoms in total. The third kappa shape index (κ3) is 2.56. The van der Waals surface area contributed by atoms with Gasteiger partial charge in [-0.25, -0.2) is 0 Å². The fourth-order valence-corrected chi connectivity index (χ4v) is 2.71. The van der Waals surface area contributed by atoms with Crippen molar-refractivity contribution in [2.24, 2.45) is 5.92 Å². The lowest BCUT2D eigenvalue weighted by Gasteiger charge is -2.41. The molecule has 0 saturated carbocycles. The normalized spacial score (nSPS) is 28.5. The van der Waals surface area contributed by atoms with Crippen molar-refractivity contribution in [3.05, 3.63) is 35.9 Å². The number of hydrogen-bond donors (Lipinski definition) is 1. The van der Waals surface area contributed by atoms with Crippen LogP contribution in [0, 0.1) is 5.92 Å². The second-order valence-corrected chi connectivity index (χ2v) is 5.31. The Morgan fingerprint density at radius 2 is 2.06 bits per heavy atom. The minimum atomic E-state index is -0.848. The monoisotopic (exact) mass is 247 g/mol. The van der Waals surface area contributed by atoms with Gasteiger partial charge < -0.3 is 10.0 Å². The third-order valence-electron chi connectivity index (χ3n) is 3.87. The Bertz CT molecular complexity index is 414. The van der Waals surface area contributed by atoms with Crippen molar-refractivity contribution in [1.29, 1.82) is 0 Å². The van der Waals surface area contributed by atoms with Gasteiger partial charge >= 0.3 is 0 Å². The van der Waals surface area contributed by atoms with Crippen molar-refractivity contribution in [1.82, 2.24) is 4.90 Å². The second kappa shape index (κ2) is 5.11. The fraction of sp³-hybridized carbons (Fsp3) is 0.533. The van der Waals surface area contributed by atoms with Gasteiger partial charge in [0.15, 0.2) is 0 Å². The summed E-state index contributed by atoms with van der Waals surface area (Å²) in [6, 6.07) is 10.00. The van der Waals surface area contributed by atoms with Gasteiger partial charge in [-0.3, -0.25) is 4.79 Å². The van der Waals surface area contributed by atoms with Gasteiger partial charge in [0.1, 0.15) is 0 Å². The molecule has 1 amide bonds. The van der Waals surface area contributed by atoms with Crippen LogP contribution in [0.2, 0.25) is 0 Å². The summed E-state index contributed by atoms with van der Waals surface area (Å²) in [7, 11) is 0. The topological polar surface area (TPSA) is 40.5 Å². The maximum atomic E-state index is 12.3. The van der Waals surface area contributed by atoms with Crippen molar-refractivity contribution in [3.63, 3.8) is 0 Å². The van der Waals surface area contributed by atoms with Gasteiger partial charge in [-0.05, 0) is 25.3 Å². The first-order chi connectivity index (χ1) is 8.54. The fourth-order valence-electron chi connectivity index (χ4n) is 2.71. The van der Waals surface area contributed by atoms with Crippen molar-refractivity contribution in [2.45, 2.75) is 38.8 Å². The molecule has 2 rings (SSSR count). The molecule has 0 spiro atoms. The first-order valence-corrected chi connectivity index (χ1v) is 6.59. The Kier molecular flexibility index (Phi) is 3.71. The van der Waals surface area contributed by atoms with Gasteiger partial charge in [-0.1, -0.05) is 37.3 Å². The molecule has 0 aliphatic carbocycles. The number of rotatable bonds is 3. The van der Waals surface area contributed by atoms with Crippen LogP contribution in [0.4, 0.5) is 0 Å². The van der Waals surface area contributed by atoms with Crippen molar-refractivity contribution in [3.8, 4) is 0 Å². The first kappa shape index (κ1) is 13.1. The molecule has 1 aromatic carbocycles. The van der Waals surface area contributed by atoms with E-state index >= 15 is 0 Å². The van der Waals surface area contributed by atoms with E-state index in [-0.39, 0.29) is 11.8 Å².